The minimum absolute atomic E-state index is 0.718. The molecule has 0 amide bonds. The van der Waals surface area contributed by atoms with Crippen LogP contribution in [0.5, 0.6) is 0 Å². The fourth-order valence-corrected chi connectivity index (χ4v) is 2.66. The number of nitrogens with one attached hydrogen (secondary N) is 1. The first-order chi connectivity index (χ1) is 9.69. The predicted molar refractivity (Wildman–Crippen MR) is 80.6 cm³/mol. The maximum absolute atomic E-state index is 4.19. The number of hydrogen-bond acceptors (Lipinski definition) is 5. The highest BCUT2D eigenvalue weighted by molar-refractivity contribution is 4.91. The van der Waals surface area contributed by atoms with Gasteiger partial charge in [0.1, 0.15) is 0 Å². The molecule has 0 spiro atoms. The van der Waals surface area contributed by atoms with E-state index in [0.29, 0.717) is 0 Å². The SMILES string of the molecule is CCNCc1cn(CCN(C)C2CCN(C)CC2)nn1. The maximum Gasteiger partial charge on any atom is 0.0964 e. The molecule has 0 atom stereocenters. The average Bonchev–Trinajstić information content (AvgIpc) is 2.91. The molecular formula is C14H28N6. The van der Waals surface area contributed by atoms with Gasteiger partial charge in [-0.15, -0.1) is 5.10 Å². The number of hydrogen-bond donors (Lipinski definition) is 1. The van der Waals surface area contributed by atoms with Crippen LogP contribution in [-0.4, -0.2) is 71.1 Å². The molecule has 0 bridgehead atoms. The summed E-state index contributed by atoms with van der Waals surface area (Å²) in [6, 6.07) is 0.718. The number of aromatic nitrogens is 3. The molecule has 0 saturated carbocycles. The maximum atomic E-state index is 4.19. The van der Waals surface area contributed by atoms with E-state index in [4.69, 9.17) is 0 Å². The van der Waals surface area contributed by atoms with Crippen molar-refractivity contribution < 1.29 is 0 Å². The number of likely N-dealkylation sites (tertiary alicyclic amines) is 1. The smallest absolute Gasteiger partial charge is 0.0964 e. The summed E-state index contributed by atoms with van der Waals surface area (Å²) in [5.74, 6) is 0. The lowest BCUT2D eigenvalue weighted by Crippen LogP contribution is -2.42. The molecule has 114 valence electrons. The first-order valence-corrected chi connectivity index (χ1v) is 7.67. The monoisotopic (exact) mass is 280 g/mol. The van der Waals surface area contributed by atoms with Gasteiger partial charge in [0.25, 0.3) is 0 Å². The van der Waals surface area contributed by atoms with Gasteiger partial charge < -0.3 is 15.1 Å². The Kier molecular flexibility index (Phi) is 5.94. The molecule has 1 aromatic heterocycles. The Bertz CT molecular complexity index is 383. The molecule has 0 unspecified atom stereocenters. The van der Waals surface area contributed by atoms with Crippen molar-refractivity contribution in [2.75, 3.05) is 40.3 Å². The second-order valence-corrected chi connectivity index (χ2v) is 5.77. The van der Waals surface area contributed by atoms with Crippen molar-refractivity contribution in [2.24, 2.45) is 0 Å². The van der Waals surface area contributed by atoms with Gasteiger partial charge in [-0.3, -0.25) is 4.68 Å². The molecular weight excluding hydrogens is 252 g/mol. The van der Waals surface area contributed by atoms with E-state index in [0.717, 1.165) is 37.9 Å². The number of likely N-dealkylation sites (N-methyl/N-ethyl adjacent to an activating group) is 1. The minimum atomic E-state index is 0.718. The van der Waals surface area contributed by atoms with Gasteiger partial charge in [0, 0.05) is 25.3 Å². The zero-order valence-electron chi connectivity index (χ0n) is 13.0. The van der Waals surface area contributed by atoms with E-state index >= 15 is 0 Å². The van der Waals surface area contributed by atoms with Crippen LogP contribution in [0.2, 0.25) is 0 Å². The standard InChI is InChI=1S/C14H28N6/c1-4-15-11-13-12-20(17-16-13)10-9-19(3)14-5-7-18(2)8-6-14/h12,14-15H,4-11H2,1-3H3. The molecule has 6 nitrogen and oxygen atoms in total. The molecule has 0 aliphatic carbocycles. The van der Waals surface area contributed by atoms with Gasteiger partial charge in [0.2, 0.25) is 0 Å². The van der Waals surface area contributed by atoms with Crippen LogP contribution in [0.25, 0.3) is 0 Å². The summed E-state index contributed by atoms with van der Waals surface area (Å²) in [4.78, 5) is 4.88. The van der Waals surface area contributed by atoms with Crippen molar-refractivity contribution >= 4 is 0 Å². The molecule has 1 aliphatic heterocycles. The van der Waals surface area contributed by atoms with Crippen LogP contribution in [0.3, 0.4) is 0 Å². The Morgan fingerprint density at radius 2 is 2.15 bits per heavy atom. The summed E-state index contributed by atoms with van der Waals surface area (Å²) in [6.45, 7) is 8.25. The topological polar surface area (TPSA) is 49.2 Å². The van der Waals surface area contributed by atoms with Gasteiger partial charge in [-0.1, -0.05) is 12.1 Å². The Morgan fingerprint density at radius 3 is 2.85 bits per heavy atom. The van der Waals surface area contributed by atoms with E-state index in [2.05, 4.69) is 46.4 Å². The van der Waals surface area contributed by atoms with Gasteiger partial charge >= 0.3 is 0 Å². The highest BCUT2D eigenvalue weighted by Gasteiger charge is 2.20. The fraction of sp³-hybridized carbons (Fsp3) is 0.857. The van der Waals surface area contributed by atoms with E-state index in [-0.39, 0.29) is 0 Å². The Morgan fingerprint density at radius 1 is 1.40 bits per heavy atom. The lowest BCUT2D eigenvalue weighted by molar-refractivity contribution is 0.140. The molecule has 6 heteroatoms. The molecule has 20 heavy (non-hydrogen) atoms. The quantitative estimate of drug-likeness (QED) is 0.784. The van der Waals surface area contributed by atoms with Crippen LogP contribution in [0.4, 0.5) is 0 Å². The third-order valence-corrected chi connectivity index (χ3v) is 4.14. The van der Waals surface area contributed by atoms with Gasteiger partial charge in [-0.25, -0.2) is 0 Å². The zero-order valence-corrected chi connectivity index (χ0v) is 13.0. The van der Waals surface area contributed by atoms with Crippen LogP contribution in [0.15, 0.2) is 6.20 Å². The van der Waals surface area contributed by atoms with Gasteiger partial charge in [-0.2, -0.15) is 0 Å². The first-order valence-electron chi connectivity index (χ1n) is 7.67. The Labute approximate surface area is 122 Å². The van der Waals surface area contributed by atoms with E-state index in [1.165, 1.54) is 25.9 Å². The number of rotatable bonds is 7. The van der Waals surface area contributed by atoms with E-state index in [9.17, 15) is 0 Å². The number of piperidine rings is 1. The lowest BCUT2D eigenvalue weighted by Gasteiger charge is -2.35. The summed E-state index contributed by atoms with van der Waals surface area (Å²) in [7, 11) is 4.43. The van der Waals surface area contributed by atoms with E-state index < -0.39 is 0 Å². The van der Waals surface area contributed by atoms with Gasteiger partial charge in [0.15, 0.2) is 0 Å². The Balaban J connectivity index is 1.72. The third kappa shape index (κ3) is 4.54. The average molecular weight is 280 g/mol. The summed E-state index contributed by atoms with van der Waals surface area (Å²) in [5, 5.41) is 11.6. The van der Waals surface area contributed by atoms with Gasteiger partial charge in [-0.05, 0) is 46.6 Å². The fourth-order valence-electron chi connectivity index (χ4n) is 2.66. The molecule has 1 N–H and O–H groups in total. The molecule has 0 radical (unpaired) electrons. The Hall–Kier alpha value is -0.980. The molecule has 1 fully saturated rings. The molecule has 2 heterocycles. The van der Waals surface area contributed by atoms with Crippen LogP contribution < -0.4 is 5.32 Å². The molecule has 1 saturated heterocycles. The molecule has 1 aromatic rings. The van der Waals surface area contributed by atoms with Crippen molar-refractivity contribution in [3.8, 4) is 0 Å². The molecule has 1 aliphatic rings. The van der Waals surface area contributed by atoms with Crippen molar-refractivity contribution in [3.05, 3.63) is 11.9 Å². The van der Waals surface area contributed by atoms with Crippen LogP contribution >= 0.6 is 0 Å². The summed E-state index contributed by atoms with van der Waals surface area (Å²) >= 11 is 0. The van der Waals surface area contributed by atoms with E-state index in [1.807, 2.05) is 10.9 Å². The largest absolute Gasteiger partial charge is 0.311 e. The second kappa shape index (κ2) is 7.71. The molecule has 2 rings (SSSR count). The zero-order chi connectivity index (χ0) is 14.4. The predicted octanol–water partition coefficient (Wildman–Crippen LogP) is 0.414. The van der Waals surface area contributed by atoms with Crippen molar-refractivity contribution in [1.29, 1.82) is 0 Å². The molecule has 0 aromatic carbocycles. The van der Waals surface area contributed by atoms with Crippen LogP contribution in [0, 0.1) is 0 Å². The van der Waals surface area contributed by atoms with Crippen molar-refractivity contribution in [1.82, 2.24) is 30.1 Å². The van der Waals surface area contributed by atoms with Crippen LogP contribution in [-0.2, 0) is 13.1 Å². The summed E-state index contributed by atoms with van der Waals surface area (Å²) < 4.78 is 1.96. The minimum Gasteiger partial charge on any atom is -0.311 e. The van der Waals surface area contributed by atoms with E-state index in [1.54, 1.807) is 0 Å². The normalized spacial score (nSPS) is 18.0. The van der Waals surface area contributed by atoms with Crippen molar-refractivity contribution in [3.63, 3.8) is 0 Å². The van der Waals surface area contributed by atoms with Crippen LogP contribution in [0.1, 0.15) is 25.5 Å². The summed E-state index contributed by atoms with van der Waals surface area (Å²) in [6.07, 6.45) is 4.59. The summed E-state index contributed by atoms with van der Waals surface area (Å²) in [5.41, 5.74) is 1.02. The first kappa shape index (κ1) is 15.4. The highest BCUT2D eigenvalue weighted by atomic mass is 15.4. The number of nitrogens with zero attached hydrogens (tertiary/aromatic N) is 5. The highest BCUT2D eigenvalue weighted by Crippen LogP contribution is 2.13. The lowest BCUT2D eigenvalue weighted by atomic mass is 10.0. The van der Waals surface area contributed by atoms with Gasteiger partial charge in [0.05, 0.1) is 12.2 Å². The second-order valence-electron chi connectivity index (χ2n) is 5.77. The van der Waals surface area contributed by atoms with Crippen molar-refractivity contribution in [2.45, 2.75) is 38.9 Å². The third-order valence-electron chi connectivity index (χ3n) is 4.14.